The van der Waals surface area contributed by atoms with Crippen LogP contribution in [0.3, 0.4) is 0 Å². The zero-order valence-corrected chi connectivity index (χ0v) is 10.7. The van der Waals surface area contributed by atoms with E-state index >= 15 is 0 Å². The first-order valence-electron chi connectivity index (χ1n) is 4.54. The Morgan fingerprint density at radius 1 is 1.46 bits per heavy atom. The van der Waals surface area contributed by atoms with E-state index in [2.05, 4.69) is 57.0 Å². The van der Waals surface area contributed by atoms with Crippen LogP contribution in [0.4, 0.5) is 0 Å². The second-order valence-corrected chi connectivity index (χ2v) is 5.28. The van der Waals surface area contributed by atoms with Gasteiger partial charge in [0.25, 0.3) is 0 Å². The largest absolute Gasteiger partial charge is 0.0925 e. The van der Waals surface area contributed by atoms with Crippen LogP contribution in [0.25, 0.3) is 0 Å². The zero-order valence-electron chi connectivity index (χ0n) is 7.56. The molecule has 2 rings (SSSR count). The highest BCUT2D eigenvalue weighted by Gasteiger charge is 2.38. The fraction of sp³-hybridized carbons (Fsp3) is 0.455. The first kappa shape index (κ1) is 9.72. The summed E-state index contributed by atoms with van der Waals surface area (Å²) in [5, 5.41) is 1.14. The van der Waals surface area contributed by atoms with Crippen LogP contribution in [0, 0.1) is 12.8 Å². The lowest BCUT2D eigenvalue weighted by atomic mass is 10.1. The van der Waals surface area contributed by atoms with E-state index in [0.29, 0.717) is 0 Å². The van der Waals surface area contributed by atoms with Gasteiger partial charge in [-0.15, -0.1) is 0 Å². The highest BCUT2D eigenvalue weighted by molar-refractivity contribution is 9.10. The molecule has 0 bridgehead atoms. The van der Waals surface area contributed by atoms with Gasteiger partial charge >= 0.3 is 0 Å². The van der Waals surface area contributed by atoms with Gasteiger partial charge in [-0.1, -0.05) is 44.0 Å². The van der Waals surface area contributed by atoms with Crippen molar-refractivity contribution >= 4 is 31.9 Å². The summed E-state index contributed by atoms with van der Waals surface area (Å²) in [6.07, 6.45) is 1.34. The Hall–Kier alpha value is 0.180. The Bertz CT molecular complexity index is 320. The predicted octanol–water partition coefficient (Wildman–Crippen LogP) is 4.26. The number of hydrogen-bond donors (Lipinski definition) is 0. The Morgan fingerprint density at radius 2 is 2.23 bits per heavy atom. The zero-order chi connectivity index (χ0) is 9.42. The van der Waals surface area contributed by atoms with Gasteiger partial charge in [-0.05, 0) is 42.4 Å². The second-order valence-electron chi connectivity index (χ2n) is 3.78. The Kier molecular flexibility index (Phi) is 2.80. The molecule has 0 heterocycles. The summed E-state index contributed by atoms with van der Waals surface area (Å²) in [5.74, 6) is 1.65. The molecule has 0 aromatic heterocycles. The first-order chi connectivity index (χ1) is 6.22. The normalized spacial score (nSPS) is 26.1. The van der Waals surface area contributed by atoms with Crippen LogP contribution >= 0.6 is 31.9 Å². The smallest absolute Gasteiger partial charge is 0.0212 e. The Morgan fingerprint density at radius 3 is 2.77 bits per heavy atom. The lowest BCUT2D eigenvalue weighted by Crippen LogP contribution is -1.87. The monoisotopic (exact) mass is 302 g/mol. The summed E-state index contributed by atoms with van der Waals surface area (Å²) in [6, 6.07) is 6.66. The Balaban J connectivity index is 2.22. The van der Waals surface area contributed by atoms with Crippen molar-refractivity contribution < 1.29 is 0 Å². The average Bonchev–Trinajstić information content (AvgIpc) is 2.83. The van der Waals surface area contributed by atoms with Gasteiger partial charge in [-0.25, -0.2) is 0 Å². The highest BCUT2D eigenvalue weighted by atomic mass is 79.9. The summed E-state index contributed by atoms with van der Waals surface area (Å²) >= 11 is 7.17. The molecule has 1 fully saturated rings. The molecule has 1 saturated carbocycles. The summed E-state index contributed by atoms with van der Waals surface area (Å²) in [4.78, 5) is 0. The summed E-state index contributed by atoms with van der Waals surface area (Å²) < 4.78 is 1.28. The molecule has 70 valence electrons. The lowest BCUT2D eigenvalue weighted by Gasteiger charge is -2.03. The fourth-order valence-electron chi connectivity index (χ4n) is 1.73. The molecule has 2 unspecified atom stereocenters. The van der Waals surface area contributed by atoms with Gasteiger partial charge in [0.2, 0.25) is 0 Å². The van der Waals surface area contributed by atoms with Crippen LogP contribution < -0.4 is 0 Å². The van der Waals surface area contributed by atoms with Crippen molar-refractivity contribution in [2.75, 3.05) is 5.33 Å². The van der Waals surface area contributed by atoms with Crippen molar-refractivity contribution in [1.82, 2.24) is 0 Å². The number of hydrogen-bond acceptors (Lipinski definition) is 0. The van der Waals surface area contributed by atoms with Crippen LogP contribution in [-0.2, 0) is 0 Å². The van der Waals surface area contributed by atoms with Gasteiger partial charge in [0.1, 0.15) is 0 Å². The van der Waals surface area contributed by atoms with E-state index in [0.717, 1.165) is 17.2 Å². The SMILES string of the molecule is Cc1ccc(C2CC2CBr)c(Br)c1. The molecule has 1 aliphatic rings. The molecule has 0 saturated heterocycles. The Labute approximate surface area is 96.0 Å². The molecular weight excluding hydrogens is 292 g/mol. The van der Waals surface area contributed by atoms with E-state index in [-0.39, 0.29) is 0 Å². The topological polar surface area (TPSA) is 0 Å². The van der Waals surface area contributed by atoms with Gasteiger partial charge in [0.05, 0.1) is 0 Å². The van der Waals surface area contributed by atoms with Crippen molar-refractivity contribution in [3.8, 4) is 0 Å². The number of aryl methyl sites for hydroxylation is 1. The quantitative estimate of drug-likeness (QED) is 0.716. The standard InChI is InChI=1S/C11H12Br2/c1-7-2-3-9(11(13)4-7)10-5-8(10)6-12/h2-4,8,10H,5-6H2,1H3. The average molecular weight is 304 g/mol. The van der Waals surface area contributed by atoms with Crippen molar-refractivity contribution in [1.29, 1.82) is 0 Å². The van der Waals surface area contributed by atoms with Crippen molar-refractivity contribution in [3.63, 3.8) is 0 Å². The number of benzene rings is 1. The van der Waals surface area contributed by atoms with E-state index in [1.165, 1.54) is 22.0 Å². The summed E-state index contributed by atoms with van der Waals surface area (Å²) in [5.41, 5.74) is 2.81. The van der Waals surface area contributed by atoms with Crippen molar-refractivity contribution in [2.45, 2.75) is 19.3 Å². The maximum Gasteiger partial charge on any atom is 0.0212 e. The molecule has 0 radical (unpaired) electrons. The molecule has 1 aliphatic carbocycles. The van der Waals surface area contributed by atoms with Gasteiger partial charge < -0.3 is 0 Å². The van der Waals surface area contributed by atoms with Gasteiger partial charge in [-0.2, -0.15) is 0 Å². The van der Waals surface area contributed by atoms with Crippen LogP contribution in [-0.4, -0.2) is 5.33 Å². The van der Waals surface area contributed by atoms with Gasteiger partial charge in [0.15, 0.2) is 0 Å². The minimum Gasteiger partial charge on any atom is -0.0925 e. The molecule has 1 aromatic rings. The van der Waals surface area contributed by atoms with E-state index in [9.17, 15) is 0 Å². The van der Waals surface area contributed by atoms with Crippen molar-refractivity contribution in [3.05, 3.63) is 33.8 Å². The minimum atomic E-state index is 0.786. The highest BCUT2D eigenvalue weighted by Crippen LogP contribution is 2.50. The van der Waals surface area contributed by atoms with Crippen molar-refractivity contribution in [2.24, 2.45) is 5.92 Å². The van der Waals surface area contributed by atoms with E-state index < -0.39 is 0 Å². The first-order valence-corrected chi connectivity index (χ1v) is 6.46. The molecule has 0 aliphatic heterocycles. The lowest BCUT2D eigenvalue weighted by molar-refractivity contribution is 0.932. The van der Waals surface area contributed by atoms with Crippen LogP contribution in [0.5, 0.6) is 0 Å². The summed E-state index contributed by atoms with van der Waals surface area (Å²) in [7, 11) is 0. The fourth-order valence-corrected chi connectivity index (χ4v) is 3.23. The second kappa shape index (κ2) is 3.74. The molecule has 0 nitrogen and oxygen atoms in total. The van der Waals surface area contributed by atoms with Crippen LogP contribution in [0.15, 0.2) is 22.7 Å². The van der Waals surface area contributed by atoms with E-state index in [4.69, 9.17) is 0 Å². The molecule has 1 aromatic carbocycles. The molecule has 0 N–H and O–H groups in total. The van der Waals surface area contributed by atoms with Crippen LogP contribution in [0.1, 0.15) is 23.5 Å². The molecule has 0 spiro atoms. The number of halogens is 2. The maximum atomic E-state index is 3.63. The van der Waals surface area contributed by atoms with E-state index in [1.807, 2.05) is 0 Å². The molecule has 2 heteroatoms. The third-order valence-electron chi connectivity index (χ3n) is 2.68. The molecule has 2 atom stereocenters. The third kappa shape index (κ3) is 1.99. The van der Waals surface area contributed by atoms with Gasteiger partial charge in [-0.3, -0.25) is 0 Å². The molecule has 0 amide bonds. The van der Waals surface area contributed by atoms with E-state index in [1.54, 1.807) is 0 Å². The molecular formula is C11H12Br2. The maximum absolute atomic E-state index is 3.63. The number of alkyl halides is 1. The van der Waals surface area contributed by atoms with Gasteiger partial charge in [0, 0.05) is 9.80 Å². The predicted molar refractivity (Wildman–Crippen MR) is 63.5 cm³/mol. The summed E-state index contributed by atoms with van der Waals surface area (Å²) in [6.45, 7) is 2.13. The van der Waals surface area contributed by atoms with Crippen LogP contribution in [0.2, 0.25) is 0 Å². The minimum absolute atomic E-state index is 0.786. The third-order valence-corrected chi connectivity index (χ3v) is 4.19. The molecule has 13 heavy (non-hydrogen) atoms. The number of rotatable bonds is 2.